The zero-order chi connectivity index (χ0) is 24.0. The van der Waals surface area contributed by atoms with Crippen LogP contribution in [-0.4, -0.2) is 44.8 Å². The molecule has 9 heteroatoms. The zero-order valence-corrected chi connectivity index (χ0v) is 19.8. The number of carbonyl (C=O) groups is 1. The van der Waals surface area contributed by atoms with Crippen molar-refractivity contribution in [2.45, 2.75) is 20.0 Å². The maximum atomic E-state index is 12.8. The number of anilines is 1. The number of hydrogen-bond donors (Lipinski definition) is 1. The maximum Gasteiger partial charge on any atom is 0.251 e. The van der Waals surface area contributed by atoms with Crippen molar-refractivity contribution in [3.8, 4) is 11.5 Å². The van der Waals surface area contributed by atoms with E-state index in [2.05, 4.69) is 10.3 Å². The summed E-state index contributed by atoms with van der Waals surface area (Å²) in [5.74, 6) is 0.410. The lowest BCUT2D eigenvalue weighted by Gasteiger charge is -2.19. The fourth-order valence-electron chi connectivity index (χ4n) is 3.78. The molecule has 0 aliphatic carbocycles. The van der Waals surface area contributed by atoms with Crippen LogP contribution in [0.2, 0.25) is 0 Å². The Morgan fingerprint density at radius 1 is 1.06 bits per heavy atom. The predicted molar refractivity (Wildman–Crippen MR) is 130 cm³/mol. The lowest BCUT2D eigenvalue weighted by molar-refractivity contribution is 0.0955. The van der Waals surface area contributed by atoms with Crippen molar-refractivity contribution in [2.24, 2.45) is 0 Å². The molecule has 1 N–H and O–H groups in total. The van der Waals surface area contributed by atoms with E-state index in [1.54, 1.807) is 30.6 Å². The lowest BCUT2D eigenvalue weighted by Crippen LogP contribution is -2.37. The molecule has 2 aromatic carbocycles. The number of hydrogen-bond acceptors (Lipinski definition) is 6. The third kappa shape index (κ3) is 5.48. The molecule has 3 aromatic rings. The normalized spacial score (nSPS) is 12.8. The average Bonchev–Trinajstić information content (AvgIpc) is 3.29. The quantitative estimate of drug-likeness (QED) is 0.478. The second kappa shape index (κ2) is 10.6. The van der Waals surface area contributed by atoms with Crippen LogP contribution in [0.1, 0.15) is 28.4 Å². The van der Waals surface area contributed by atoms with Crippen LogP contribution in [0.15, 0.2) is 67.0 Å². The Bertz CT molecular complexity index is 1250. The molecule has 34 heavy (non-hydrogen) atoms. The molecule has 0 saturated carbocycles. The first-order valence-corrected chi connectivity index (χ1v) is 12.7. The largest absolute Gasteiger partial charge is 0.490 e. The van der Waals surface area contributed by atoms with Crippen LogP contribution in [0, 0.1) is 0 Å². The first-order chi connectivity index (χ1) is 16.5. The number of benzene rings is 2. The summed E-state index contributed by atoms with van der Waals surface area (Å²) < 4.78 is 38.6. The molecule has 0 fully saturated rings. The molecular formula is C25H27N3O5S. The molecule has 0 saturated heterocycles. The number of para-hydroxylation sites is 1. The van der Waals surface area contributed by atoms with Gasteiger partial charge in [-0.05, 0) is 60.9 Å². The van der Waals surface area contributed by atoms with E-state index < -0.39 is 10.0 Å². The van der Waals surface area contributed by atoms with Crippen LogP contribution >= 0.6 is 0 Å². The molecule has 0 atom stereocenters. The number of aromatic nitrogens is 1. The van der Waals surface area contributed by atoms with Gasteiger partial charge in [0.15, 0.2) is 11.5 Å². The minimum atomic E-state index is -3.54. The summed E-state index contributed by atoms with van der Waals surface area (Å²) in [4.78, 5) is 16.7. The highest BCUT2D eigenvalue weighted by atomic mass is 32.2. The first kappa shape index (κ1) is 23.6. The van der Waals surface area contributed by atoms with Crippen molar-refractivity contribution in [2.75, 3.05) is 29.8 Å². The molecule has 1 aromatic heterocycles. The van der Waals surface area contributed by atoms with Crippen molar-refractivity contribution in [1.29, 1.82) is 0 Å². The number of pyridine rings is 1. The molecule has 2 heterocycles. The topological polar surface area (TPSA) is 97.8 Å². The standard InChI is InChI=1S/C25H27N3O5S/c1-2-32-24-17-21(7-8-23(24)33-18-19-9-12-26-13-10-19)25(29)27-14-16-34(30,31)28-15-11-20-5-3-4-6-22(20)28/h3-10,12-13,17H,2,11,14-16,18H2,1H3,(H,27,29). The van der Waals surface area contributed by atoms with Crippen LogP contribution in [0.25, 0.3) is 0 Å². The Hall–Kier alpha value is -3.59. The fraction of sp³-hybridized carbons (Fsp3) is 0.280. The molecule has 1 aliphatic rings. The van der Waals surface area contributed by atoms with Gasteiger partial charge in [0.25, 0.3) is 5.91 Å². The van der Waals surface area contributed by atoms with Gasteiger partial charge in [-0.1, -0.05) is 18.2 Å². The van der Waals surface area contributed by atoms with Gasteiger partial charge in [0.1, 0.15) is 6.61 Å². The number of fused-ring (bicyclic) bond motifs is 1. The number of nitrogens with one attached hydrogen (secondary N) is 1. The summed E-state index contributed by atoms with van der Waals surface area (Å²) in [7, 11) is -3.54. The van der Waals surface area contributed by atoms with Crippen LogP contribution in [0.5, 0.6) is 11.5 Å². The number of sulfonamides is 1. The highest BCUT2D eigenvalue weighted by molar-refractivity contribution is 7.92. The second-order valence-electron chi connectivity index (χ2n) is 7.76. The molecule has 8 nitrogen and oxygen atoms in total. The highest BCUT2D eigenvalue weighted by Gasteiger charge is 2.28. The Morgan fingerprint density at radius 3 is 2.65 bits per heavy atom. The molecule has 1 aliphatic heterocycles. The summed E-state index contributed by atoms with van der Waals surface area (Å²) in [6.07, 6.45) is 4.08. The molecule has 178 valence electrons. The summed E-state index contributed by atoms with van der Waals surface area (Å²) >= 11 is 0. The Labute approximate surface area is 199 Å². The van der Waals surface area contributed by atoms with E-state index in [1.807, 2.05) is 43.3 Å². The van der Waals surface area contributed by atoms with E-state index in [4.69, 9.17) is 9.47 Å². The molecule has 4 rings (SSSR count). The van der Waals surface area contributed by atoms with Crippen LogP contribution < -0.4 is 19.1 Å². The van der Waals surface area contributed by atoms with Crippen molar-refractivity contribution in [3.05, 3.63) is 83.7 Å². The fourth-order valence-corrected chi connectivity index (χ4v) is 5.21. The SMILES string of the molecule is CCOc1cc(C(=O)NCCS(=O)(=O)N2CCc3ccccc32)ccc1OCc1ccncc1. The third-order valence-electron chi connectivity index (χ3n) is 5.48. The number of nitrogens with zero attached hydrogens (tertiary/aromatic N) is 2. The van der Waals surface area contributed by atoms with Crippen molar-refractivity contribution in [3.63, 3.8) is 0 Å². The second-order valence-corrected chi connectivity index (χ2v) is 9.77. The number of ether oxygens (including phenoxy) is 2. The average molecular weight is 482 g/mol. The van der Waals surface area contributed by atoms with Crippen molar-refractivity contribution in [1.82, 2.24) is 10.3 Å². The molecular weight excluding hydrogens is 454 g/mol. The van der Waals surface area contributed by atoms with Crippen LogP contribution in [-0.2, 0) is 23.1 Å². The minimum absolute atomic E-state index is 0.00406. The predicted octanol–water partition coefficient (Wildman–Crippen LogP) is 3.18. The molecule has 1 amide bonds. The van der Waals surface area contributed by atoms with Gasteiger partial charge in [0, 0.05) is 31.0 Å². The Balaban J connectivity index is 1.36. The van der Waals surface area contributed by atoms with E-state index in [9.17, 15) is 13.2 Å². The van der Waals surface area contributed by atoms with Crippen molar-refractivity contribution < 1.29 is 22.7 Å². The number of amides is 1. The third-order valence-corrected chi connectivity index (χ3v) is 7.25. The van der Waals surface area contributed by atoms with Gasteiger partial charge in [-0.25, -0.2) is 8.42 Å². The van der Waals surface area contributed by atoms with E-state index in [0.29, 0.717) is 43.2 Å². The van der Waals surface area contributed by atoms with Crippen LogP contribution in [0.4, 0.5) is 5.69 Å². The molecule has 0 radical (unpaired) electrons. The minimum Gasteiger partial charge on any atom is -0.490 e. The van der Waals surface area contributed by atoms with Gasteiger partial charge in [0.2, 0.25) is 10.0 Å². The van der Waals surface area contributed by atoms with E-state index >= 15 is 0 Å². The van der Waals surface area contributed by atoms with Crippen LogP contribution in [0.3, 0.4) is 0 Å². The van der Waals surface area contributed by atoms with Gasteiger partial charge < -0.3 is 14.8 Å². The summed E-state index contributed by atoms with van der Waals surface area (Å²) in [5, 5.41) is 2.70. The maximum absolute atomic E-state index is 12.8. The lowest BCUT2D eigenvalue weighted by atomic mass is 10.2. The molecule has 0 spiro atoms. The van der Waals surface area contributed by atoms with E-state index in [-0.39, 0.29) is 18.2 Å². The smallest absolute Gasteiger partial charge is 0.251 e. The van der Waals surface area contributed by atoms with Gasteiger partial charge in [0.05, 0.1) is 18.0 Å². The van der Waals surface area contributed by atoms with Gasteiger partial charge in [-0.15, -0.1) is 0 Å². The molecule has 0 bridgehead atoms. The Morgan fingerprint density at radius 2 is 1.85 bits per heavy atom. The summed E-state index contributed by atoms with van der Waals surface area (Å²) in [6.45, 7) is 3.02. The summed E-state index contributed by atoms with van der Waals surface area (Å²) in [5.41, 5.74) is 3.06. The summed E-state index contributed by atoms with van der Waals surface area (Å²) in [6, 6.07) is 16.1. The van der Waals surface area contributed by atoms with Gasteiger partial charge in [-0.2, -0.15) is 0 Å². The van der Waals surface area contributed by atoms with Crippen molar-refractivity contribution >= 4 is 21.6 Å². The Kier molecular flexibility index (Phi) is 7.32. The zero-order valence-electron chi connectivity index (χ0n) is 18.9. The number of rotatable bonds is 10. The van der Waals surface area contributed by atoms with E-state index in [0.717, 1.165) is 16.8 Å². The monoisotopic (exact) mass is 481 g/mol. The van der Waals surface area contributed by atoms with Gasteiger partial charge in [-0.3, -0.25) is 14.1 Å². The van der Waals surface area contributed by atoms with Gasteiger partial charge >= 0.3 is 0 Å². The molecule has 0 unspecified atom stereocenters. The number of carbonyl (C=O) groups excluding carboxylic acids is 1. The van der Waals surface area contributed by atoms with E-state index in [1.165, 1.54) is 4.31 Å². The highest BCUT2D eigenvalue weighted by Crippen LogP contribution is 2.30. The first-order valence-electron chi connectivity index (χ1n) is 11.1.